The molecule has 0 aliphatic heterocycles. The lowest BCUT2D eigenvalue weighted by molar-refractivity contribution is -0.119. The molecule has 1 rings (SSSR count). The Kier molecular flexibility index (Phi) is 5.29. The van der Waals surface area contributed by atoms with E-state index in [4.69, 9.17) is 5.73 Å². The molecule has 3 amide bonds. The van der Waals surface area contributed by atoms with E-state index >= 15 is 0 Å². The van der Waals surface area contributed by atoms with Gasteiger partial charge in [0.05, 0.1) is 5.69 Å². The highest BCUT2D eigenvalue weighted by Crippen LogP contribution is 2.15. The van der Waals surface area contributed by atoms with Crippen LogP contribution in [-0.2, 0) is 4.79 Å². The summed E-state index contributed by atoms with van der Waals surface area (Å²) in [5.41, 5.74) is 5.12. The number of rotatable bonds is 5. The largest absolute Gasteiger partial charge is 0.352 e. The smallest absolute Gasteiger partial charge is 0.312 e. The number of primary amides is 1. The summed E-state index contributed by atoms with van der Waals surface area (Å²) in [6.07, 6.45) is 0.676. The van der Waals surface area contributed by atoms with Crippen LogP contribution in [0.5, 0.6) is 0 Å². The van der Waals surface area contributed by atoms with Gasteiger partial charge in [-0.05, 0) is 18.1 Å². The Hall–Kier alpha value is -2.11. The van der Waals surface area contributed by atoms with E-state index in [1.807, 2.05) is 13.8 Å². The van der Waals surface area contributed by atoms with Crippen molar-refractivity contribution >= 4 is 17.6 Å². The fraction of sp³-hybridized carbons (Fsp3) is 0.385. The van der Waals surface area contributed by atoms with Gasteiger partial charge in [-0.25, -0.2) is 9.18 Å². The van der Waals surface area contributed by atoms with Crippen molar-refractivity contribution < 1.29 is 14.0 Å². The van der Waals surface area contributed by atoms with Gasteiger partial charge in [-0.15, -0.1) is 0 Å². The summed E-state index contributed by atoms with van der Waals surface area (Å²) in [6, 6.07) is 4.26. The zero-order valence-corrected chi connectivity index (χ0v) is 10.9. The summed E-state index contributed by atoms with van der Waals surface area (Å²) in [7, 11) is 0. The minimum atomic E-state index is -0.790. The van der Waals surface area contributed by atoms with E-state index in [2.05, 4.69) is 10.6 Å². The molecule has 0 radical (unpaired) electrons. The minimum absolute atomic E-state index is 0.0760. The van der Waals surface area contributed by atoms with Crippen LogP contribution in [0.3, 0.4) is 0 Å². The molecule has 6 heteroatoms. The molecule has 0 unspecified atom stereocenters. The van der Waals surface area contributed by atoms with Crippen LogP contribution in [0.15, 0.2) is 24.3 Å². The number of para-hydroxylation sites is 1. The van der Waals surface area contributed by atoms with Crippen LogP contribution in [0.2, 0.25) is 0 Å². The summed E-state index contributed by atoms with van der Waals surface area (Å²) < 4.78 is 13.4. The first-order valence-corrected chi connectivity index (χ1v) is 6.07. The number of amides is 3. The average Bonchev–Trinajstić information content (AvgIpc) is 2.37. The third kappa shape index (κ3) is 4.24. The van der Waals surface area contributed by atoms with Gasteiger partial charge in [-0.3, -0.25) is 4.79 Å². The molecule has 0 aliphatic carbocycles. The van der Waals surface area contributed by atoms with Crippen molar-refractivity contribution in [2.75, 3.05) is 5.32 Å². The van der Waals surface area contributed by atoms with E-state index < -0.39 is 23.8 Å². The number of hydrogen-bond donors (Lipinski definition) is 3. The fourth-order valence-corrected chi connectivity index (χ4v) is 1.63. The maximum Gasteiger partial charge on any atom is 0.312 e. The number of urea groups is 1. The quantitative estimate of drug-likeness (QED) is 0.760. The number of benzene rings is 1. The van der Waals surface area contributed by atoms with Crippen LogP contribution >= 0.6 is 0 Å². The SMILES string of the molecule is CC[C@H](C)[C@@H](NC(N)=O)C(=O)Nc1ccccc1F. The summed E-state index contributed by atoms with van der Waals surface area (Å²) >= 11 is 0. The zero-order valence-electron chi connectivity index (χ0n) is 10.9. The Morgan fingerprint density at radius 2 is 2.00 bits per heavy atom. The highest BCUT2D eigenvalue weighted by atomic mass is 19.1. The standard InChI is InChI=1S/C13H18FN3O2/c1-3-8(2)11(17-13(15)19)12(18)16-10-7-5-4-6-9(10)14/h4-8,11H,3H2,1-2H3,(H,16,18)(H3,15,17,19)/t8-,11+/m0/s1. The molecule has 0 saturated carbocycles. The second kappa shape index (κ2) is 6.72. The van der Waals surface area contributed by atoms with E-state index in [0.29, 0.717) is 6.42 Å². The molecule has 1 aromatic carbocycles. The molecule has 4 N–H and O–H groups in total. The molecule has 2 atom stereocenters. The number of hydrogen-bond acceptors (Lipinski definition) is 2. The number of halogens is 1. The molecule has 0 spiro atoms. The molecule has 0 aromatic heterocycles. The lowest BCUT2D eigenvalue weighted by Crippen LogP contribution is -2.49. The molecule has 0 aliphatic rings. The summed E-state index contributed by atoms with van der Waals surface area (Å²) in [4.78, 5) is 23.0. The third-order valence-corrected chi connectivity index (χ3v) is 2.92. The van der Waals surface area contributed by atoms with Gasteiger partial charge in [0, 0.05) is 0 Å². The van der Waals surface area contributed by atoms with Gasteiger partial charge >= 0.3 is 6.03 Å². The Labute approximate surface area is 111 Å². The van der Waals surface area contributed by atoms with Crippen LogP contribution in [-0.4, -0.2) is 18.0 Å². The maximum atomic E-state index is 13.4. The van der Waals surface area contributed by atoms with Crippen molar-refractivity contribution in [3.63, 3.8) is 0 Å². The fourth-order valence-electron chi connectivity index (χ4n) is 1.63. The van der Waals surface area contributed by atoms with Crippen LogP contribution in [0, 0.1) is 11.7 Å². The van der Waals surface area contributed by atoms with Gasteiger partial charge in [0.2, 0.25) is 5.91 Å². The van der Waals surface area contributed by atoms with Crippen LogP contribution < -0.4 is 16.4 Å². The lowest BCUT2D eigenvalue weighted by Gasteiger charge is -2.22. The van der Waals surface area contributed by atoms with E-state index in [-0.39, 0.29) is 11.6 Å². The molecule has 0 fully saturated rings. The van der Waals surface area contributed by atoms with Crippen molar-refractivity contribution in [2.24, 2.45) is 11.7 Å². The Morgan fingerprint density at radius 1 is 1.37 bits per heavy atom. The Balaban J connectivity index is 2.82. The van der Waals surface area contributed by atoms with E-state index in [1.54, 1.807) is 6.07 Å². The number of nitrogens with two attached hydrogens (primary N) is 1. The monoisotopic (exact) mass is 267 g/mol. The number of anilines is 1. The Bertz CT molecular complexity index is 465. The highest BCUT2D eigenvalue weighted by molar-refractivity contribution is 5.97. The molecule has 0 heterocycles. The maximum absolute atomic E-state index is 13.4. The van der Waals surface area contributed by atoms with Crippen molar-refractivity contribution in [3.8, 4) is 0 Å². The first-order chi connectivity index (χ1) is 8.95. The molecular formula is C13H18FN3O2. The molecule has 19 heavy (non-hydrogen) atoms. The number of carbonyl (C=O) groups excluding carboxylic acids is 2. The summed E-state index contributed by atoms with van der Waals surface area (Å²) in [5, 5.41) is 4.82. The zero-order chi connectivity index (χ0) is 14.4. The predicted octanol–water partition coefficient (Wildman–Crippen LogP) is 1.85. The van der Waals surface area contributed by atoms with Crippen LogP contribution in [0.4, 0.5) is 14.9 Å². The van der Waals surface area contributed by atoms with E-state index in [1.165, 1.54) is 18.2 Å². The minimum Gasteiger partial charge on any atom is -0.352 e. The number of nitrogens with one attached hydrogen (secondary N) is 2. The molecule has 1 aromatic rings. The third-order valence-electron chi connectivity index (χ3n) is 2.92. The van der Waals surface area contributed by atoms with Gasteiger partial charge in [-0.2, -0.15) is 0 Å². The molecule has 0 bridgehead atoms. The molecular weight excluding hydrogens is 249 g/mol. The topological polar surface area (TPSA) is 84.2 Å². The van der Waals surface area contributed by atoms with Gasteiger partial charge < -0.3 is 16.4 Å². The van der Waals surface area contributed by atoms with Crippen molar-refractivity contribution in [3.05, 3.63) is 30.1 Å². The van der Waals surface area contributed by atoms with Gasteiger partial charge in [0.15, 0.2) is 0 Å². The summed E-state index contributed by atoms with van der Waals surface area (Å²) in [6.45, 7) is 3.69. The van der Waals surface area contributed by atoms with Gasteiger partial charge in [0.25, 0.3) is 0 Å². The van der Waals surface area contributed by atoms with Crippen molar-refractivity contribution in [2.45, 2.75) is 26.3 Å². The average molecular weight is 267 g/mol. The molecule has 104 valence electrons. The van der Waals surface area contributed by atoms with E-state index in [0.717, 1.165) is 0 Å². The first kappa shape index (κ1) is 14.9. The molecule has 5 nitrogen and oxygen atoms in total. The van der Waals surface area contributed by atoms with Gasteiger partial charge in [0.1, 0.15) is 11.9 Å². The van der Waals surface area contributed by atoms with Crippen LogP contribution in [0.25, 0.3) is 0 Å². The first-order valence-electron chi connectivity index (χ1n) is 6.07. The lowest BCUT2D eigenvalue weighted by atomic mass is 9.98. The summed E-state index contributed by atoms with van der Waals surface area (Å²) in [5.74, 6) is -1.13. The van der Waals surface area contributed by atoms with Gasteiger partial charge in [-0.1, -0.05) is 32.4 Å². The molecule has 0 saturated heterocycles. The predicted molar refractivity (Wildman–Crippen MR) is 71.0 cm³/mol. The highest BCUT2D eigenvalue weighted by Gasteiger charge is 2.25. The normalized spacial score (nSPS) is 13.4. The number of carbonyl (C=O) groups is 2. The second-order valence-electron chi connectivity index (χ2n) is 4.34. The van der Waals surface area contributed by atoms with Crippen LogP contribution in [0.1, 0.15) is 20.3 Å². The van der Waals surface area contributed by atoms with Crippen molar-refractivity contribution in [1.82, 2.24) is 5.32 Å². The van der Waals surface area contributed by atoms with E-state index in [9.17, 15) is 14.0 Å². The Morgan fingerprint density at radius 3 is 2.53 bits per heavy atom. The van der Waals surface area contributed by atoms with Crippen molar-refractivity contribution in [1.29, 1.82) is 0 Å². The second-order valence-corrected chi connectivity index (χ2v) is 4.34.